The number of nitriles is 1. The van der Waals surface area contributed by atoms with Gasteiger partial charge < -0.3 is 0 Å². The molecule has 0 amide bonds. The molecule has 9 heavy (non-hydrogen) atoms. The summed E-state index contributed by atoms with van der Waals surface area (Å²) in [6.45, 7) is 1.82. The SMILES string of the molecule is Cc1nn[nH]c1CC#N. The van der Waals surface area contributed by atoms with Gasteiger partial charge in [-0.2, -0.15) is 5.26 Å². The maximum absolute atomic E-state index is 8.24. The molecule has 1 N–H and O–H groups in total. The lowest BCUT2D eigenvalue weighted by atomic mass is 10.3. The van der Waals surface area contributed by atoms with Crippen LogP contribution in [0.4, 0.5) is 0 Å². The summed E-state index contributed by atoms with van der Waals surface area (Å²) in [4.78, 5) is 0. The van der Waals surface area contributed by atoms with Crippen LogP contribution in [0, 0.1) is 18.3 Å². The third-order valence-corrected chi connectivity index (χ3v) is 1.08. The van der Waals surface area contributed by atoms with E-state index in [4.69, 9.17) is 5.26 Å². The number of H-pyrrole nitrogens is 1. The van der Waals surface area contributed by atoms with Crippen LogP contribution in [0.1, 0.15) is 11.4 Å². The second kappa shape index (κ2) is 2.27. The Kier molecular flexibility index (Phi) is 1.45. The van der Waals surface area contributed by atoms with Crippen molar-refractivity contribution in [1.82, 2.24) is 15.4 Å². The first-order valence-electron chi connectivity index (χ1n) is 2.58. The summed E-state index contributed by atoms with van der Waals surface area (Å²) in [5.74, 6) is 0. The lowest BCUT2D eigenvalue weighted by molar-refractivity contribution is 0.915. The van der Waals surface area contributed by atoms with Gasteiger partial charge in [0.1, 0.15) is 0 Å². The van der Waals surface area contributed by atoms with Crippen LogP contribution in [0.3, 0.4) is 0 Å². The minimum absolute atomic E-state index is 0.360. The van der Waals surface area contributed by atoms with Crippen molar-refractivity contribution >= 4 is 0 Å². The quantitative estimate of drug-likeness (QED) is 0.577. The Hall–Kier alpha value is -1.37. The molecule has 0 bridgehead atoms. The second-order valence-corrected chi connectivity index (χ2v) is 1.71. The fourth-order valence-electron chi connectivity index (χ4n) is 0.548. The molecule has 0 aliphatic rings. The Balaban J connectivity index is 2.84. The molecular formula is C5H6N4. The predicted octanol–water partition coefficient (Wildman–Crippen LogP) is 0.179. The Morgan fingerprint density at radius 2 is 2.56 bits per heavy atom. The van der Waals surface area contributed by atoms with Crippen molar-refractivity contribution in [2.45, 2.75) is 13.3 Å². The van der Waals surface area contributed by atoms with Crippen LogP contribution >= 0.6 is 0 Å². The van der Waals surface area contributed by atoms with Crippen molar-refractivity contribution in [2.24, 2.45) is 0 Å². The minimum atomic E-state index is 0.360. The van der Waals surface area contributed by atoms with Crippen LogP contribution in [0.15, 0.2) is 0 Å². The van der Waals surface area contributed by atoms with E-state index in [9.17, 15) is 0 Å². The van der Waals surface area contributed by atoms with Crippen LogP contribution in [0.25, 0.3) is 0 Å². The van der Waals surface area contributed by atoms with Gasteiger partial charge in [-0.3, -0.25) is 5.10 Å². The molecular weight excluding hydrogens is 116 g/mol. The van der Waals surface area contributed by atoms with Crippen molar-refractivity contribution in [1.29, 1.82) is 5.26 Å². The number of rotatable bonds is 1. The van der Waals surface area contributed by atoms with Crippen molar-refractivity contribution in [3.8, 4) is 6.07 Å². The number of aromatic amines is 1. The zero-order valence-corrected chi connectivity index (χ0v) is 5.05. The van der Waals surface area contributed by atoms with Crippen molar-refractivity contribution in [2.75, 3.05) is 0 Å². The molecule has 4 heteroatoms. The summed E-state index contributed by atoms with van der Waals surface area (Å²) in [5.41, 5.74) is 1.61. The van der Waals surface area contributed by atoms with Crippen LogP contribution in [-0.2, 0) is 6.42 Å². The predicted molar refractivity (Wildman–Crippen MR) is 30.4 cm³/mol. The summed E-state index contributed by atoms with van der Waals surface area (Å²) in [6, 6.07) is 2.00. The minimum Gasteiger partial charge on any atom is -0.261 e. The van der Waals surface area contributed by atoms with E-state index >= 15 is 0 Å². The number of nitrogens with zero attached hydrogens (tertiary/aromatic N) is 3. The van der Waals surface area contributed by atoms with E-state index in [1.807, 2.05) is 13.0 Å². The zero-order chi connectivity index (χ0) is 6.69. The van der Waals surface area contributed by atoms with E-state index in [2.05, 4.69) is 15.4 Å². The highest BCUT2D eigenvalue weighted by atomic mass is 15.3. The first kappa shape index (κ1) is 5.76. The molecule has 1 rings (SSSR count). The van der Waals surface area contributed by atoms with Gasteiger partial charge in [0.25, 0.3) is 0 Å². The lowest BCUT2D eigenvalue weighted by Crippen LogP contribution is -1.83. The molecule has 0 saturated carbocycles. The lowest BCUT2D eigenvalue weighted by Gasteiger charge is -1.82. The summed E-state index contributed by atoms with van der Waals surface area (Å²) in [6.07, 6.45) is 0.360. The average molecular weight is 122 g/mol. The van der Waals surface area contributed by atoms with Gasteiger partial charge in [0.15, 0.2) is 0 Å². The number of aryl methyl sites for hydroxylation is 1. The third kappa shape index (κ3) is 1.05. The van der Waals surface area contributed by atoms with Gasteiger partial charge in [-0.1, -0.05) is 5.21 Å². The van der Waals surface area contributed by atoms with Crippen LogP contribution < -0.4 is 0 Å². The molecule has 1 aromatic heterocycles. The summed E-state index contributed by atoms with van der Waals surface area (Å²) in [5, 5.41) is 18.1. The number of hydrogen-bond donors (Lipinski definition) is 1. The highest BCUT2D eigenvalue weighted by Gasteiger charge is 1.98. The van der Waals surface area contributed by atoms with E-state index in [0.717, 1.165) is 11.4 Å². The van der Waals surface area contributed by atoms with Crippen LogP contribution in [-0.4, -0.2) is 15.4 Å². The van der Waals surface area contributed by atoms with E-state index in [0.29, 0.717) is 6.42 Å². The Bertz CT molecular complexity index is 231. The van der Waals surface area contributed by atoms with Gasteiger partial charge in [0, 0.05) is 0 Å². The van der Waals surface area contributed by atoms with Gasteiger partial charge in [-0.05, 0) is 6.92 Å². The molecule has 0 radical (unpaired) electrons. The smallest absolute Gasteiger partial charge is 0.0836 e. The zero-order valence-electron chi connectivity index (χ0n) is 5.05. The maximum atomic E-state index is 8.24. The summed E-state index contributed by atoms with van der Waals surface area (Å²) >= 11 is 0. The van der Waals surface area contributed by atoms with Crippen molar-refractivity contribution in [3.05, 3.63) is 11.4 Å². The largest absolute Gasteiger partial charge is 0.261 e. The van der Waals surface area contributed by atoms with Gasteiger partial charge in [-0.25, -0.2) is 0 Å². The summed E-state index contributed by atoms with van der Waals surface area (Å²) < 4.78 is 0. The highest BCUT2D eigenvalue weighted by Crippen LogP contribution is 1.96. The average Bonchev–Trinajstić information content (AvgIpc) is 2.18. The number of nitrogens with one attached hydrogen (secondary N) is 1. The maximum Gasteiger partial charge on any atom is 0.0836 e. The summed E-state index contributed by atoms with van der Waals surface area (Å²) in [7, 11) is 0. The molecule has 0 fully saturated rings. The molecule has 1 aromatic rings. The Labute approximate surface area is 52.5 Å². The van der Waals surface area contributed by atoms with Gasteiger partial charge in [0.05, 0.1) is 23.9 Å². The van der Waals surface area contributed by atoms with E-state index in [-0.39, 0.29) is 0 Å². The van der Waals surface area contributed by atoms with Crippen molar-refractivity contribution in [3.63, 3.8) is 0 Å². The first-order chi connectivity index (χ1) is 4.34. The van der Waals surface area contributed by atoms with Gasteiger partial charge in [-0.15, -0.1) is 5.10 Å². The molecule has 0 aliphatic carbocycles. The molecule has 46 valence electrons. The molecule has 0 aliphatic heterocycles. The Morgan fingerprint density at radius 1 is 1.78 bits per heavy atom. The fourth-order valence-corrected chi connectivity index (χ4v) is 0.548. The van der Waals surface area contributed by atoms with Crippen LogP contribution in [0.5, 0.6) is 0 Å². The van der Waals surface area contributed by atoms with E-state index < -0.39 is 0 Å². The Morgan fingerprint density at radius 3 is 3.00 bits per heavy atom. The van der Waals surface area contributed by atoms with Crippen LogP contribution in [0.2, 0.25) is 0 Å². The van der Waals surface area contributed by atoms with Gasteiger partial charge in [0.2, 0.25) is 0 Å². The molecule has 0 saturated heterocycles. The molecule has 0 spiro atoms. The standard InChI is InChI=1S/C5H6N4/c1-4-5(2-3-6)8-9-7-4/h2H2,1H3,(H,7,8,9). The fraction of sp³-hybridized carbons (Fsp3) is 0.400. The van der Waals surface area contributed by atoms with Crippen molar-refractivity contribution < 1.29 is 0 Å². The molecule has 0 atom stereocenters. The number of hydrogen-bond acceptors (Lipinski definition) is 3. The molecule has 0 aromatic carbocycles. The normalized spacial score (nSPS) is 8.89. The van der Waals surface area contributed by atoms with E-state index in [1.54, 1.807) is 0 Å². The highest BCUT2D eigenvalue weighted by molar-refractivity contribution is 5.09. The topological polar surface area (TPSA) is 65.4 Å². The second-order valence-electron chi connectivity index (χ2n) is 1.71. The van der Waals surface area contributed by atoms with Gasteiger partial charge >= 0.3 is 0 Å². The third-order valence-electron chi connectivity index (χ3n) is 1.08. The molecule has 0 unspecified atom stereocenters. The molecule has 4 nitrogen and oxygen atoms in total. The molecule has 1 heterocycles. The first-order valence-corrected chi connectivity index (χ1v) is 2.58. The van der Waals surface area contributed by atoms with E-state index in [1.165, 1.54) is 0 Å². The monoisotopic (exact) mass is 122 g/mol. The number of aromatic nitrogens is 3.